The van der Waals surface area contributed by atoms with Gasteiger partial charge in [-0.3, -0.25) is 4.79 Å². The number of halogens is 3. The van der Waals surface area contributed by atoms with Crippen molar-refractivity contribution in [1.82, 2.24) is 9.80 Å². The molecule has 2 aliphatic rings. The zero-order valence-corrected chi connectivity index (χ0v) is 21.0. The minimum absolute atomic E-state index is 0.0238. The predicted octanol–water partition coefficient (Wildman–Crippen LogP) is 4.90. The molecule has 1 aliphatic heterocycles. The smallest absolute Gasteiger partial charge is 0.471 e. The number of amides is 1. The number of hydrogen-bond acceptors (Lipinski definition) is 5. The maximum absolute atomic E-state index is 13.4. The number of alkyl halides is 3. The summed E-state index contributed by atoms with van der Waals surface area (Å²) in [6.45, 7) is 3.09. The molecule has 2 fully saturated rings. The molecule has 1 saturated heterocycles. The maximum Gasteiger partial charge on any atom is 0.471 e. The second-order valence-electron chi connectivity index (χ2n) is 9.78. The number of rotatable bonds is 10. The largest absolute Gasteiger partial charge is 0.494 e. The number of esters is 1. The van der Waals surface area contributed by atoms with E-state index >= 15 is 0 Å². The lowest BCUT2D eigenvalue weighted by atomic mass is 9.95. The first-order chi connectivity index (χ1) is 17.8. The summed E-state index contributed by atoms with van der Waals surface area (Å²) in [6, 6.07) is 15.9. The average molecular weight is 519 g/mol. The second-order valence-corrected chi connectivity index (χ2v) is 9.78. The molecule has 2 aromatic rings. The van der Waals surface area contributed by atoms with Crippen molar-refractivity contribution < 1.29 is 32.2 Å². The number of piperidine rings is 1. The Labute approximate surface area is 215 Å². The van der Waals surface area contributed by atoms with Crippen LogP contribution >= 0.6 is 0 Å². The number of likely N-dealkylation sites (tertiary alicyclic amines) is 1. The summed E-state index contributed by atoms with van der Waals surface area (Å²) in [5.41, 5.74) is 1.45. The van der Waals surface area contributed by atoms with Crippen LogP contribution in [0.4, 0.5) is 13.2 Å². The van der Waals surface area contributed by atoms with Crippen LogP contribution < -0.4 is 4.74 Å². The Hall–Kier alpha value is -3.07. The molecule has 37 heavy (non-hydrogen) atoms. The summed E-state index contributed by atoms with van der Waals surface area (Å²) in [4.78, 5) is 27.2. The van der Waals surface area contributed by atoms with E-state index in [1.165, 1.54) is 7.11 Å². The molecule has 1 saturated carbocycles. The summed E-state index contributed by atoms with van der Waals surface area (Å²) < 4.78 is 50.5. The quantitative estimate of drug-likeness (QED) is 0.331. The zero-order valence-electron chi connectivity index (χ0n) is 21.0. The lowest BCUT2D eigenvalue weighted by Crippen LogP contribution is -2.47. The SMILES string of the molecule is COC(=O)c1ccc(OCCCN2CCC(CN(C(=O)C(F)(F)F)C3CC3c3ccccc3)CC2)cc1. The van der Waals surface area contributed by atoms with Gasteiger partial charge in [0.1, 0.15) is 5.75 Å². The van der Waals surface area contributed by atoms with Crippen LogP contribution in [0.2, 0.25) is 0 Å². The van der Waals surface area contributed by atoms with Crippen molar-refractivity contribution in [2.24, 2.45) is 5.92 Å². The fourth-order valence-electron chi connectivity index (χ4n) is 5.07. The highest BCUT2D eigenvalue weighted by Gasteiger charge is 2.52. The highest BCUT2D eigenvalue weighted by Crippen LogP contribution is 2.46. The molecular weight excluding hydrogens is 485 g/mol. The van der Waals surface area contributed by atoms with E-state index < -0.39 is 18.1 Å². The van der Waals surface area contributed by atoms with Crippen LogP contribution in [-0.2, 0) is 9.53 Å². The van der Waals surface area contributed by atoms with Crippen LogP contribution in [0.25, 0.3) is 0 Å². The molecule has 1 amide bonds. The number of methoxy groups -OCH3 is 1. The van der Waals surface area contributed by atoms with Crippen molar-refractivity contribution in [3.8, 4) is 5.75 Å². The van der Waals surface area contributed by atoms with E-state index in [-0.39, 0.29) is 24.4 Å². The molecule has 0 radical (unpaired) electrons. The van der Waals surface area contributed by atoms with E-state index in [2.05, 4.69) is 9.64 Å². The van der Waals surface area contributed by atoms with Crippen molar-refractivity contribution in [3.63, 3.8) is 0 Å². The molecule has 2 atom stereocenters. The second kappa shape index (κ2) is 12.0. The number of carbonyl (C=O) groups is 2. The van der Waals surface area contributed by atoms with Crippen LogP contribution in [0.15, 0.2) is 54.6 Å². The summed E-state index contributed by atoms with van der Waals surface area (Å²) in [5.74, 6) is -1.40. The predicted molar refractivity (Wildman–Crippen MR) is 132 cm³/mol. The number of nitrogens with zero attached hydrogens (tertiary/aromatic N) is 2. The van der Waals surface area contributed by atoms with Gasteiger partial charge >= 0.3 is 18.1 Å². The molecule has 1 aliphatic carbocycles. The van der Waals surface area contributed by atoms with E-state index in [9.17, 15) is 22.8 Å². The van der Waals surface area contributed by atoms with Crippen LogP contribution in [0.5, 0.6) is 5.75 Å². The molecule has 0 N–H and O–H groups in total. The Balaban J connectivity index is 1.21. The summed E-state index contributed by atoms with van der Waals surface area (Å²) in [6.07, 6.45) is -1.94. The molecule has 0 spiro atoms. The Morgan fingerprint density at radius 3 is 2.32 bits per heavy atom. The third-order valence-electron chi connectivity index (χ3n) is 7.21. The molecule has 2 aromatic carbocycles. The van der Waals surface area contributed by atoms with Gasteiger partial charge in [-0.2, -0.15) is 13.2 Å². The van der Waals surface area contributed by atoms with E-state index in [1.54, 1.807) is 24.3 Å². The lowest BCUT2D eigenvalue weighted by Gasteiger charge is -2.35. The molecule has 0 aromatic heterocycles. The van der Waals surface area contributed by atoms with Gasteiger partial charge < -0.3 is 19.3 Å². The summed E-state index contributed by atoms with van der Waals surface area (Å²) >= 11 is 0. The van der Waals surface area contributed by atoms with Crippen molar-refractivity contribution in [2.75, 3.05) is 39.9 Å². The molecule has 2 unspecified atom stereocenters. The van der Waals surface area contributed by atoms with Crippen molar-refractivity contribution in [1.29, 1.82) is 0 Å². The van der Waals surface area contributed by atoms with Gasteiger partial charge in [0.05, 0.1) is 19.3 Å². The van der Waals surface area contributed by atoms with Crippen LogP contribution in [0.1, 0.15) is 47.5 Å². The van der Waals surface area contributed by atoms with Crippen LogP contribution in [0.3, 0.4) is 0 Å². The van der Waals surface area contributed by atoms with Gasteiger partial charge in [0.2, 0.25) is 0 Å². The van der Waals surface area contributed by atoms with E-state index in [1.807, 2.05) is 30.3 Å². The fourth-order valence-corrected chi connectivity index (χ4v) is 5.07. The third kappa shape index (κ3) is 7.25. The van der Waals surface area contributed by atoms with Crippen molar-refractivity contribution in [2.45, 2.75) is 43.8 Å². The van der Waals surface area contributed by atoms with Gasteiger partial charge in [0.15, 0.2) is 0 Å². The topological polar surface area (TPSA) is 59.1 Å². The first-order valence-electron chi connectivity index (χ1n) is 12.7. The molecule has 9 heteroatoms. The van der Waals surface area contributed by atoms with E-state index in [4.69, 9.17) is 4.74 Å². The van der Waals surface area contributed by atoms with E-state index in [0.717, 1.165) is 49.4 Å². The molecular formula is C28H33F3N2O4. The Morgan fingerprint density at radius 1 is 1.03 bits per heavy atom. The highest BCUT2D eigenvalue weighted by atomic mass is 19.4. The standard InChI is InChI=1S/C28H33F3N2O4/c1-36-26(34)22-8-10-23(11-9-22)37-17-5-14-32-15-12-20(13-16-32)19-33(27(35)28(29,30)31)25-18-24(25)21-6-3-2-4-7-21/h2-4,6-11,20,24-25H,5,12-19H2,1H3. The summed E-state index contributed by atoms with van der Waals surface area (Å²) in [5, 5.41) is 0. The minimum Gasteiger partial charge on any atom is -0.494 e. The van der Waals surface area contributed by atoms with Crippen molar-refractivity contribution >= 4 is 11.9 Å². The highest BCUT2D eigenvalue weighted by molar-refractivity contribution is 5.89. The zero-order chi connectivity index (χ0) is 26.4. The molecule has 200 valence electrons. The Morgan fingerprint density at radius 2 is 1.70 bits per heavy atom. The molecule has 4 rings (SSSR count). The van der Waals surface area contributed by atoms with Crippen LogP contribution in [-0.4, -0.2) is 73.8 Å². The van der Waals surface area contributed by atoms with E-state index in [0.29, 0.717) is 24.3 Å². The first kappa shape index (κ1) is 27.0. The Kier molecular flexibility index (Phi) is 8.74. The van der Waals surface area contributed by atoms with Gasteiger partial charge in [-0.05, 0) is 74.5 Å². The van der Waals surface area contributed by atoms with Gasteiger partial charge in [0, 0.05) is 25.0 Å². The summed E-state index contributed by atoms with van der Waals surface area (Å²) in [7, 11) is 1.34. The van der Waals surface area contributed by atoms with Gasteiger partial charge in [-0.25, -0.2) is 4.79 Å². The fraction of sp³-hybridized carbons (Fsp3) is 0.500. The van der Waals surface area contributed by atoms with Crippen LogP contribution in [0, 0.1) is 5.92 Å². The maximum atomic E-state index is 13.4. The molecule has 1 heterocycles. The normalized spacial score (nSPS) is 20.3. The first-order valence-corrected chi connectivity index (χ1v) is 12.7. The Bertz CT molecular complexity index is 1040. The number of carbonyl (C=O) groups excluding carboxylic acids is 2. The monoisotopic (exact) mass is 518 g/mol. The number of ether oxygens (including phenoxy) is 2. The number of benzene rings is 2. The lowest BCUT2D eigenvalue weighted by molar-refractivity contribution is -0.187. The molecule has 0 bridgehead atoms. The number of hydrogen-bond donors (Lipinski definition) is 0. The molecule has 6 nitrogen and oxygen atoms in total. The third-order valence-corrected chi connectivity index (χ3v) is 7.21. The minimum atomic E-state index is -4.86. The van der Waals surface area contributed by atoms with Gasteiger partial charge in [-0.15, -0.1) is 0 Å². The van der Waals surface area contributed by atoms with Gasteiger partial charge in [0.25, 0.3) is 0 Å². The average Bonchev–Trinajstić information content (AvgIpc) is 3.71. The van der Waals surface area contributed by atoms with Gasteiger partial charge in [-0.1, -0.05) is 30.3 Å². The van der Waals surface area contributed by atoms with Crippen molar-refractivity contribution in [3.05, 3.63) is 65.7 Å².